The second kappa shape index (κ2) is 9.96. The number of hydrogen-bond acceptors (Lipinski definition) is 2. The standard InChI is InChI=1S/C15H24O3S.Na.H/c1-3-4-5-6-7-15(12-19(16,17)18)14-10-8-13(2)9-11-14;;/h8-11,15H,3-7,12H2,1-2H3,(H,16,17,18);;. The van der Waals surface area contributed by atoms with Crippen molar-refractivity contribution in [2.45, 2.75) is 51.9 Å². The monoisotopic (exact) mass is 308 g/mol. The van der Waals surface area contributed by atoms with Crippen molar-refractivity contribution in [2.75, 3.05) is 5.75 Å². The Morgan fingerprint density at radius 3 is 2.20 bits per heavy atom. The molecule has 1 aromatic carbocycles. The Kier molecular flexibility index (Phi) is 10.0. The Morgan fingerprint density at radius 1 is 1.10 bits per heavy atom. The van der Waals surface area contributed by atoms with Crippen LogP contribution in [0.2, 0.25) is 0 Å². The second-order valence-electron chi connectivity index (χ2n) is 5.21. The Balaban J connectivity index is 0.00000361. The van der Waals surface area contributed by atoms with E-state index in [1.165, 1.54) is 6.42 Å². The van der Waals surface area contributed by atoms with Crippen molar-refractivity contribution >= 4 is 39.7 Å². The predicted octanol–water partition coefficient (Wildman–Crippen LogP) is 3.29. The fourth-order valence-electron chi connectivity index (χ4n) is 2.26. The molecule has 1 unspecified atom stereocenters. The van der Waals surface area contributed by atoms with Gasteiger partial charge in [-0.15, -0.1) is 0 Å². The van der Waals surface area contributed by atoms with E-state index >= 15 is 0 Å². The molecule has 0 heterocycles. The van der Waals surface area contributed by atoms with Crippen LogP contribution in [0, 0.1) is 6.92 Å². The molecular formula is C15H25NaO3S. The molecule has 0 radical (unpaired) electrons. The van der Waals surface area contributed by atoms with Crippen LogP contribution >= 0.6 is 0 Å². The molecule has 0 aromatic heterocycles. The topological polar surface area (TPSA) is 54.4 Å². The Bertz CT molecular complexity index is 468. The molecule has 3 nitrogen and oxygen atoms in total. The van der Waals surface area contributed by atoms with Crippen LogP contribution in [0.1, 0.15) is 56.1 Å². The van der Waals surface area contributed by atoms with Crippen molar-refractivity contribution in [3.8, 4) is 0 Å². The maximum atomic E-state index is 11.1. The van der Waals surface area contributed by atoms with E-state index in [4.69, 9.17) is 4.55 Å². The molecule has 0 saturated heterocycles. The third-order valence-electron chi connectivity index (χ3n) is 3.37. The van der Waals surface area contributed by atoms with Gasteiger partial charge in [0.2, 0.25) is 0 Å². The third-order valence-corrected chi connectivity index (χ3v) is 4.19. The summed E-state index contributed by atoms with van der Waals surface area (Å²) in [5, 5.41) is 0. The van der Waals surface area contributed by atoms with E-state index in [1.807, 2.05) is 31.2 Å². The average molecular weight is 308 g/mol. The van der Waals surface area contributed by atoms with E-state index in [1.54, 1.807) is 0 Å². The molecule has 0 spiro atoms. The van der Waals surface area contributed by atoms with Gasteiger partial charge in [-0.25, -0.2) is 0 Å². The van der Waals surface area contributed by atoms with Crippen LogP contribution in [0.25, 0.3) is 0 Å². The molecule has 110 valence electrons. The number of unbranched alkanes of at least 4 members (excludes halogenated alkanes) is 3. The summed E-state index contributed by atoms with van der Waals surface area (Å²) in [6.07, 6.45) is 5.26. The predicted molar refractivity (Wildman–Crippen MR) is 86.2 cm³/mol. The van der Waals surface area contributed by atoms with Gasteiger partial charge < -0.3 is 0 Å². The molecular weight excluding hydrogens is 283 g/mol. The van der Waals surface area contributed by atoms with Gasteiger partial charge in [0, 0.05) is 5.92 Å². The quantitative estimate of drug-likeness (QED) is 0.455. The molecule has 20 heavy (non-hydrogen) atoms. The molecule has 0 aliphatic carbocycles. The Hall–Kier alpha value is 0.130. The average Bonchev–Trinajstić information content (AvgIpc) is 2.33. The molecule has 1 rings (SSSR count). The SMILES string of the molecule is CCCCCCC(CS(=O)(=O)O)c1ccc(C)cc1.[NaH]. The molecule has 0 aliphatic rings. The van der Waals surface area contributed by atoms with Gasteiger partial charge in [0.15, 0.2) is 0 Å². The fourth-order valence-corrected chi connectivity index (χ4v) is 3.12. The summed E-state index contributed by atoms with van der Waals surface area (Å²) in [5.41, 5.74) is 2.15. The van der Waals surface area contributed by atoms with Crippen molar-refractivity contribution in [1.29, 1.82) is 0 Å². The zero-order valence-electron chi connectivity index (χ0n) is 11.8. The minimum atomic E-state index is -3.92. The van der Waals surface area contributed by atoms with Crippen molar-refractivity contribution in [3.63, 3.8) is 0 Å². The van der Waals surface area contributed by atoms with Gasteiger partial charge >= 0.3 is 29.6 Å². The Labute approximate surface area is 145 Å². The van der Waals surface area contributed by atoms with Crippen LogP contribution in [0.5, 0.6) is 0 Å². The summed E-state index contributed by atoms with van der Waals surface area (Å²) in [6, 6.07) is 7.90. The molecule has 0 saturated carbocycles. The molecule has 5 heteroatoms. The normalized spacial score (nSPS) is 12.8. The van der Waals surface area contributed by atoms with Crippen LogP contribution in [-0.2, 0) is 10.1 Å². The van der Waals surface area contributed by atoms with E-state index in [0.29, 0.717) is 0 Å². The summed E-state index contributed by atoms with van der Waals surface area (Å²) >= 11 is 0. The molecule has 0 amide bonds. The molecule has 0 fully saturated rings. The maximum absolute atomic E-state index is 11.1. The van der Waals surface area contributed by atoms with Crippen molar-refractivity contribution in [3.05, 3.63) is 35.4 Å². The summed E-state index contributed by atoms with van der Waals surface area (Å²) < 4.78 is 31.3. The number of rotatable bonds is 8. The van der Waals surface area contributed by atoms with E-state index < -0.39 is 10.1 Å². The van der Waals surface area contributed by atoms with Gasteiger partial charge in [-0.1, -0.05) is 62.4 Å². The van der Waals surface area contributed by atoms with Gasteiger partial charge in [0.1, 0.15) is 0 Å². The number of benzene rings is 1. The molecule has 0 aliphatic heterocycles. The van der Waals surface area contributed by atoms with E-state index in [2.05, 4.69) is 6.92 Å². The zero-order chi connectivity index (χ0) is 14.3. The first kappa shape index (κ1) is 20.1. The van der Waals surface area contributed by atoms with E-state index in [9.17, 15) is 8.42 Å². The Morgan fingerprint density at radius 2 is 1.70 bits per heavy atom. The van der Waals surface area contributed by atoms with Crippen LogP contribution in [-0.4, -0.2) is 48.3 Å². The van der Waals surface area contributed by atoms with Gasteiger partial charge in [0.05, 0.1) is 5.75 Å². The van der Waals surface area contributed by atoms with Gasteiger partial charge in [-0.05, 0) is 18.9 Å². The number of aryl methyl sites for hydroxylation is 1. The summed E-state index contributed by atoms with van der Waals surface area (Å²) in [5.74, 6) is -0.283. The van der Waals surface area contributed by atoms with E-state index in [0.717, 1.165) is 36.8 Å². The van der Waals surface area contributed by atoms with Crippen LogP contribution < -0.4 is 0 Å². The molecule has 1 atom stereocenters. The van der Waals surface area contributed by atoms with E-state index in [-0.39, 0.29) is 41.2 Å². The number of hydrogen-bond donors (Lipinski definition) is 1. The third kappa shape index (κ3) is 8.42. The van der Waals surface area contributed by atoms with Gasteiger partial charge in [-0.3, -0.25) is 4.55 Å². The minimum absolute atomic E-state index is 0. The summed E-state index contributed by atoms with van der Waals surface area (Å²) in [7, 11) is -3.92. The van der Waals surface area contributed by atoms with Crippen molar-refractivity contribution in [1.82, 2.24) is 0 Å². The van der Waals surface area contributed by atoms with Gasteiger partial charge in [-0.2, -0.15) is 8.42 Å². The fraction of sp³-hybridized carbons (Fsp3) is 0.600. The van der Waals surface area contributed by atoms with Crippen LogP contribution in [0.15, 0.2) is 24.3 Å². The first-order chi connectivity index (χ1) is 8.92. The van der Waals surface area contributed by atoms with Crippen LogP contribution in [0.4, 0.5) is 0 Å². The molecule has 0 bridgehead atoms. The molecule has 1 N–H and O–H groups in total. The summed E-state index contributed by atoms with van der Waals surface area (Å²) in [4.78, 5) is 0. The second-order valence-corrected chi connectivity index (χ2v) is 6.70. The van der Waals surface area contributed by atoms with Gasteiger partial charge in [0.25, 0.3) is 10.1 Å². The first-order valence-electron chi connectivity index (χ1n) is 6.94. The van der Waals surface area contributed by atoms with Crippen molar-refractivity contribution < 1.29 is 13.0 Å². The van der Waals surface area contributed by atoms with Crippen LogP contribution in [0.3, 0.4) is 0 Å². The summed E-state index contributed by atoms with van der Waals surface area (Å²) in [6.45, 7) is 4.15. The van der Waals surface area contributed by atoms with Crippen molar-refractivity contribution in [2.24, 2.45) is 0 Å². The first-order valence-corrected chi connectivity index (χ1v) is 8.55. The zero-order valence-corrected chi connectivity index (χ0v) is 12.6. The molecule has 1 aromatic rings.